The minimum absolute atomic E-state index is 0.771. The van der Waals surface area contributed by atoms with E-state index in [4.69, 9.17) is 11.6 Å². The SMILES string of the molecule is CC(C)=CC=C(Cl)C(F)(F)F. The van der Waals surface area contributed by atoms with E-state index in [2.05, 4.69) is 0 Å². The third kappa shape index (κ3) is 4.90. The second-order valence-electron chi connectivity index (χ2n) is 2.26. The number of hydrogen-bond donors (Lipinski definition) is 0. The molecule has 11 heavy (non-hydrogen) atoms. The molecule has 0 radical (unpaired) electrons. The highest BCUT2D eigenvalue weighted by molar-refractivity contribution is 6.30. The highest BCUT2D eigenvalue weighted by Crippen LogP contribution is 2.28. The van der Waals surface area contributed by atoms with Crippen LogP contribution in [0.5, 0.6) is 0 Å². The summed E-state index contributed by atoms with van der Waals surface area (Å²) in [6, 6.07) is 0. The highest BCUT2D eigenvalue weighted by atomic mass is 35.5. The summed E-state index contributed by atoms with van der Waals surface area (Å²) in [5, 5.41) is -1.10. The van der Waals surface area contributed by atoms with Crippen LogP contribution in [0, 0.1) is 0 Å². The minimum Gasteiger partial charge on any atom is -0.165 e. The van der Waals surface area contributed by atoms with Gasteiger partial charge in [-0.3, -0.25) is 0 Å². The maximum Gasteiger partial charge on any atom is 0.426 e. The first-order chi connectivity index (χ1) is 4.84. The summed E-state index contributed by atoms with van der Waals surface area (Å²) in [6.07, 6.45) is -2.26. The van der Waals surface area contributed by atoms with Gasteiger partial charge >= 0.3 is 6.18 Å². The summed E-state index contributed by atoms with van der Waals surface area (Å²) in [5.41, 5.74) is 0.771. The first-order valence-corrected chi connectivity index (χ1v) is 3.29. The number of halogens is 4. The van der Waals surface area contributed by atoms with Crippen LogP contribution in [0.3, 0.4) is 0 Å². The van der Waals surface area contributed by atoms with Crippen molar-refractivity contribution in [1.29, 1.82) is 0 Å². The molecule has 0 unspecified atom stereocenters. The zero-order valence-electron chi connectivity index (χ0n) is 6.17. The molecule has 0 nitrogen and oxygen atoms in total. The van der Waals surface area contributed by atoms with Crippen LogP contribution in [-0.2, 0) is 0 Å². The third-order valence-corrected chi connectivity index (χ3v) is 1.17. The van der Waals surface area contributed by atoms with E-state index < -0.39 is 11.2 Å². The van der Waals surface area contributed by atoms with Crippen LogP contribution in [-0.4, -0.2) is 6.18 Å². The van der Waals surface area contributed by atoms with Crippen molar-refractivity contribution >= 4 is 11.6 Å². The number of rotatable bonds is 1. The predicted octanol–water partition coefficient (Wildman–Crippen LogP) is 3.64. The Morgan fingerprint density at radius 2 is 1.64 bits per heavy atom. The van der Waals surface area contributed by atoms with Gasteiger partial charge < -0.3 is 0 Å². The summed E-state index contributed by atoms with van der Waals surface area (Å²) in [4.78, 5) is 0. The van der Waals surface area contributed by atoms with E-state index in [9.17, 15) is 13.2 Å². The molecule has 0 aromatic rings. The van der Waals surface area contributed by atoms with Crippen LogP contribution < -0.4 is 0 Å². The van der Waals surface area contributed by atoms with Gasteiger partial charge in [0.1, 0.15) is 5.03 Å². The molecule has 0 aromatic heterocycles. The lowest BCUT2D eigenvalue weighted by molar-refractivity contribution is -0.0845. The molecule has 0 aliphatic heterocycles. The summed E-state index contributed by atoms with van der Waals surface area (Å²) in [6.45, 7) is 3.38. The van der Waals surface area contributed by atoms with Gasteiger partial charge in [-0.25, -0.2) is 0 Å². The van der Waals surface area contributed by atoms with E-state index in [1.165, 1.54) is 6.08 Å². The Kier molecular flexibility index (Phi) is 3.66. The molecule has 0 rings (SSSR count). The lowest BCUT2D eigenvalue weighted by Gasteiger charge is -2.01. The molecule has 0 aliphatic rings. The zero-order valence-corrected chi connectivity index (χ0v) is 6.92. The van der Waals surface area contributed by atoms with Gasteiger partial charge in [0.2, 0.25) is 0 Å². The van der Waals surface area contributed by atoms with E-state index in [0.29, 0.717) is 0 Å². The summed E-state index contributed by atoms with van der Waals surface area (Å²) < 4.78 is 35.0. The van der Waals surface area contributed by atoms with Crippen LogP contribution >= 0.6 is 11.6 Å². The van der Waals surface area contributed by atoms with Crippen LogP contribution in [0.15, 0.2) is 22.8 Å². The smallest absolute Gasteiger partial charge is 0.165 e. The molecule has 0 saturated heterocycles. The number of allylic oxidation sites excluding steroid dienone is 4. The van der Waals surface area contributed by atoms with Crippen molar-refractivity contribution in [2.45, 2.75) is 20.0 Å². The zero-order chi connectivity index (χ0) is 9.07. The fourth-order valence-electron chi connectivity index (χ4n) is 0.334. The van der Waals surface area contributed by atoms with Crippen LogP contribution in [0.4, 0.5) is 13.2 Å². The van der Waals surface area contributed by atoms with E-state index in [1.54, 1.807) is 13.8 Å². The van der Waals surface area contributed by atoms with Gasteiger partial charge in [-0.15, -0.1) is 0 Å². The Hall–Kier alpha value is -0.440. The monoisotopic (exact) mass is 184 g/mol. The first kappa shape index (κ1) is 10.6. The number of hydrogen-bond acceptors (Lipinski definition) is 0. The molecule has 4 heteroatoms. The first-order valence-electron chi connectivity index (χ1n) is 2.92. The van der Waals surface area contributed by atoms with Crippen molar-refractivity contribution < 1.29 is 13.2 Å². The second-order valence-corrected chi connectivity index (χ2v) is 2.66. The van der Waals surface area contributed by atoms with Crippen LogP contribution in [0.1, 0.15) is 13.8 Å². The maximum absolute atomic E-state index is 11.7. The Bertz CT molecular complexity index is 184. The predicted molar refractivity (Wildman–Crippen MR) is 39.4 cm³/mol. The quantitative estimate of drug-likeness (QED) is 0.546. The molecular weight excluding hydrogens is 177 g/mol. The van der Waals surface area contributed by atoms with Crippen molar-refractivity contribution in [3.8, 4) is 0 Å². The van der Waals surface area contributed by atoms with Crippen LogP contribution in [0.2, 0.25) is 0 Å². The van der Waals surface area contributed by atoms with E-state index >= 15 is 0 Å². The molecule has 0 spiro atoms. The third-order valence-electron chi connectivity index (χ3n) is 0.834. The molecule has 0 heterocycles. The average molecular weight is 185 g/mol. The largest absolute Gasteiger partial charge is 0.426 e. The molecule has 0 fully saturated rings. The van der Waals surface area contributed by atoms with Crippen LogP contribution in [0.25, 0.3) is 0 Å². The van der Waals surface area contributed by atoms with Gasteiger partial charge in [-0.2, -0.15) is 13.2 Å². The van der Waals surface area contributed by atoms with Crippen molar-refractivity contribution in [3.63, 3.8) is 0 Å². The topological polar surface area (TPSA) is 0 Å². The minimum atomic E-state index is -4.42. The standard InChI is InChI=1S/C7H8ClF3/c1-5(2)3-4-6(8)7(9,10)11/h3-4H,1-2H3. The Labute approximate surface area is 68.3 Å². The normalized spacial score (nSPS) is 13.1. The molecule has 0 N–H and O–H groups in total. The van der Waals surface area contributed by atoms with Crippen molar-refractivity contribution in [3.05, 3.63) is 22.8 Å². The second kappa shape index (κ2) is 3.81. The molecule has 0 saturated carbocycles. The van der Waals surface area contributed by atoms with Gasteiger partial charge in [0.15, 0.2) is 0 Å². The van der Waals surface area contributed by atoms with Gasteiger partial charge in [0, 0.05) is 0 Å². The van der Waals surface area contributed by atoms with E-state index in [0.717, 1.165) is 11.6 Å². The Morgan fingerprint density at radius 3 is 1.91 bits per heavy atom. The molecule has 64 valence electrons. The van der Waals surface area contributed by atoms with Gasteiger partial charge in [0.05, 0.1) is 0 Å². The lowest BCUT2D eigenvalue weighted by Crippen LogP contribution is -2.06. The van der Waals surface area contributed by atoms with Gasteiger partial charge in [-0.05, 0) is 19.9 Å². The molecular formula is C7H8ClF3. The van der Waals surface area contributed by atoms with Crippen molar-refractivity contribution in [1.82, 2.24) is 0 Å². The number of alkyl halides is 3. The fourth-order valence-corrected chi connectivity index (χ4v) is 0.397. The van der Waals surface area contributed by atoms with Gasteiger partial charge in [-0.1, -0.05) is 23.3 Å². The molecule has 0 bridgehead atoms. The van der Waals surface area contributed by atoms with E-state index in [1.807, 2.05) is 0 Å². The van der Waals surface area contributed by atoms with Crippen molar-refractivity contribution in [2.75, 3.05) is 0 Å². The Balaban J connectivity index is 4.36. The van der Waals surface area contributed by atoms with E-state index in [-0.39, 0.29) is 0 Å². The molecule has 0 amide bonds. The van der Waals surface area contributed by atoms with Crippen molar-refractivity contribution in [2.24, 2.45) is 0 Å². The summed E-state index contributed by atoms with van der Waals surface area (Å²) in [5.74, 6) is 0. The maximum atomic E-state index is 11.7. The average Bonchev–Trinajstić information content (AvgIpc) is 1.80. The molecule has 0 aliphatic carbocycles. The summed E-state index contributed by atoms with van der Waals surface area (Å²) in [7, 11) is 0. The summed E-state index contributed by atoms with van der Waals surface area (Å²) >= 11 is 4.89. The van der Waals surface area contributed by atoms with Gasteiger partial charge in [0.25, 0.3) is 0 Å². The Morgan fingerprint density at radius 1 is 1.18 bits per heavy atom. The fraction of sp³-hybridized carbons (Fsp3) is 0.429. The highest BCUT2D eigenvalue weighted by Gasteiger charge is 2.31. The lowest BCUT2D eigenvalue weighted by atomic mass is 10.3. The molecule has 0 atom stereocenters. The molecule has 0 aromatic carbocycles.